The third-order valence-electron chi connectivity index (χ3n) is 8.31. The van der Waals surface area contributed by atoms with Crippen molar-refractivity contribution < 1.29 is 74.6 Å². The monoisotopic (exact) mass is 690 g/mol. The molecular weight excluding hydrogens is 659 g/mol. The van der Waals surface area contributed by atoms with Gasteiger partial charge >= 0.3 is 47.6 Å². The number of halogens is 17. The second-order valence-corrected chi connectivity index (χ2v) is 11.5. The highest BCUT2D eigenvalue weighted by Gasteiger charge is 2.95. The summed E-state index contributed by atoms with van der Waals surface area (Å²) in [6.07, 6.45) is 2.21. The number of aryl methyl sites for hydroxylation is 1. The first-order valence-electron chi connectivity index (χ1n) is 14.0. The van der Waals surface area contributed by atoms with E-state index in [1.165, 1.54) is 0 Å². The van der Waals surface area contributed by atoms with Crippen molar-refractivity contribution in [2.45, 2.75) is 125 Å². The topological polar surface area (TPSA) is 0 Å². The fourth-order valence-corrected chi connectivity index (χ4v) is 5.27. The van der Waals surface area contributed by atoms with Gasteiger partial charge in [0.15, 0.2) is 0 Å². The van der Waals surface area contributed by atoms with Gasteiger partial charge in [0.2, 0.25) is 0 Å². The number of rotatable bonds is 15. The van der Waals surface area contributed by atoms with Gasteiger partial charge < -0.3 is 0 Å². The minimum atomic E-state index is -8.62. The Labute approximate surface area is 247 Å². The van der Waals surface area contributed by atoms with Gasteiger partial charge in [-0.05, 0) is 30.2 Å². The molecule has 0 bridgehead atoms. The molecule has 1 aromatic rings. The Kier molecular flexibility index (Phi) is 11.6. The first-order chi connectivity index (χ1) is 20.2. The fraction of sp³-hybridized carbons (Fsp3) is 0.786. The lowest BCUT2D eigenvalue weighted by Crippen LogP contribution is -2.74. The molecule has 0 unspecified atom stereocenters. The number of hydrogen-bond donors (Lipinski definition) is 0. The summed E-state index contributed by atoms with van der Waals surface area (Å²) in [7, 11) is 0. The van der Waals surface area contributed by atoms with E-state index in [1.54, 1.807) is 0 Å². The molecule has 1 aliphatic carbocycles. The van der Waals surface area contributed by atoms with E-state index in [9.17, 15) is 74.6 Å². The Bertz CT molecular complexity index is 1080. The summed E-state index contributed by atoms with van der Waals surface area (Å²) in [5.41, 5.74) is -1.97. The van der Waals surface area contributed by atoms with Crippen LogP contribution in [0.15, 0.2) is 24.3 Å². The lowest BCUT2D eigenvalue weighted by atomic mass is 9.77. The molecule has 1 aliphatic rings. The normalized spacial score (nSPS) is 20.0. The van der Waals surface area contributed by atoms with Crippen LogP contribution in [0.4, 0.5) is 74.6 Å². The van der Waals surface area contributed by atoms with E-state index < -0.39 is 53.2 Å². The van der Waals surface area contributed by atoms with E-state index >= 15 is 0 Å². The van der Waals surface area contributed by atoms with E-state index in [0.717, 1.165) is 69.9 Å². The second-order valence-electron chi connectivity index (χ2n) is 11.5. The molecule has 0 heterocycles. The number of unbranched alkanes of at least 4 members (excludes halogenated alkanes) is 3. The lowest BCUT2D eigenvalue weighted by molar-refractivity contribution is -0.462. The van der Waals surface area contributed by atoms with Gasteiger partial charge in [-0.25, -0.2) is 0 Å². The molecule has 17 heteroatoms. The van der Waals surface area contributed by atoms with Crippen LogP contribution in [0.3, 0.4) is 0 Å². The number of benzene rings is 1. The third kappa shape index (κ3) is 7.01. The van der Waals surface area contributed by atoms with E-state index in [-0.39, 0.29) is 30.0 Å². The molecule has 0 amide bonds. The largest absolute Gasteiger partial charge is 0.460 e. The number of hydrogen-bond acceptors (Lipinski definition) is 0. The molecule has 0 spiro atoms. The van der Waals surface area contributed by atoms with Gasteiger partial charge in [-0.15, -0.1) is 0 Å². The smallest absolute Gasteiger partial charge is 0.194 e. The van der Waals surface area contributed by atoms with Gasteiger partial charge in [0.05, 0.1) is 0 Å². The zero-order valence-corrected chi connectivity index (χ0v) is 23.7. The summed E-state index contributed by atoms with van der Waals surface area (Å²) in [4.78, 5) is 0. The summed E-state index contributed by atoms with van der Waals surface area (Å²) in [6, 6.07) is 1.58. The van der Waals surface area contributed by atoms with Crippen LogP contribution in [-0.2, 0) is 12.3 Å². The van der Waals surface area contributed by atoms with Crippen LogP contribution in [0.1, 0.15) is 82.3 Å². The molecule has 0 saturated heterocycles. The van der Waals surface area contributed by atoms with Crippen LogP contribution in [0.2, 0.25) is 0 Å². The molecule has 0 N–H and O–H groups in total. The molecule has 2 rings (SSSR count). The highest BCUT2D eigenvalue weighted by Crippen LogP contribution is 2.65. The Balaban J connectivity index is 2.19. The fourth-order valence-electron chi connectivity index (χ4n) is 5.27. The van der Waals surface area contributed by atoms with Crippen molar-refractivity contribution in [2.75, 3.05) is 0 Å². The summed E-state index contributed by atoms with van der Waals surface area (Å²) < 4.78 is 230. The Morgan fingerprint density at radius 2 is 0.889 bits per heavy atom. The van der Waals surface area contributed by atoms with Gasteiger partial charge in [-0.2, -0.15) is 74.6 Å². The molecule has 0 nitrogen and oxygen atoms in total. The summed E-state index contributed by atoms with van der Waals surface area (Å²) in [5, 5.41) is 0. The predicted octanol–water partition coefficient (Wildman–Crippen LogP) is 11.9. The first-order valence-corrected chi connectivity index (χ1v) is 14.0. The lowest BCUT2D eigenvalue weighted by Gasteiger charge is -2.42. The van der Waals surface area contributed by atoms with Crippen molar-refractivity contribution >= 4 is 0 Å². The van der Waals surface area contributed by atoms with Crippen molar-refractivity contribution in [1.29, 1.82) is 0 Å². The maximum Gasteiger partial charge on any atom is 0.460 e. The van der Waals surface area contributed by atoms with Crippen molar-refractivity contribution in [2.24, 2.45) is 11.8 Å². The molecule has 1 fully saturated rings. The van der Waals surface area contributed by atoms with Crippen LogP contribution in [0.5, 0.6) is 0 Å². The minimum absolute atomic E-state index is 0.0647. The molecule has 262 valence electrons. The average Bonchev–Trinajstić information content (AvgIpc) is 2.93. The second kappa shape index (κ2) is 13.3. The van der Waals surface area contributed by atoms with Crippen LogP contribution in [-0.4, -0.2) is 41.7 Å². The number of alkyl halides is 17. The molecule has 0 radical (unpaired) electrons. The zero-order valence-electron chi connectivity index (χ0n) is 23.7. The van der Waals surface area contributed by atoms with E-state index in [2.05, 4.69) is 6.92 Å². The maximum atomic E-state index is 14.5. The van der Waals surface area contributed by atoms with Crippen LogP contribution >= 0.6 is 0 Å². The Hall–Kier alpha value is -1.97. The van der Waals surface area contributed by atoms with Gasteiger partial charge in [-0.3, -0.25) is 0 Å². The van der Waals surface area contributed by atoms with Crippen molar-refractivity contribution in [3.8, 4) is 0 Å². The molecule has 0 aliphatic heterocycles. The Morgan fingerprint density at radius 1 is 0.489 bits per heavy atom. The minimum Gasteiger partial charge on any atom is -0.194 e. The van der Waals surface area contributed by atoms with E-state index in [1.807, 2.05) is 0 Å². The molecule has 0 aromatic heterocycles. The Morgan fingerprint density at radius 3 is 1.31 bits per heavy atom. The quantitative estimate of drug-likeness (QED) is 0.127. The van der Waals surface area contributed by atoms with Crippen LogP contribution in [0, 0.1) is 11.8 Å². The highest BCUT2D eigenvalue weighted by molar-refractivity contribution is 5.29. The summed E-state index contributed by atoms with van der Waals surface area (Å²) >= 11 is 0. The molecular formula is C28H31F17. The van der Waals surface area contributed by atoms with E-state index in [0.29, 0.717) is 12.3 Å². The molecule has 45 heavy (non-hydrogen) atoms. The van der Waals surface area contributed by atoms with Gasteiger partial charge in [0.1, 0.15) is 0 Å². The van der Waals surface area contributed by atoms with E-state index in [4.69, 9.17) is 0 Å². The zero-order chi connectivity index (χ0) is 34.9. The van der Waals surface area contributed by atoms with Crippen LogP contribution in [0.25, 0.3) is 0 Å². The van der Waals surface area contributed by atoms with Crippen LogP contribution < -0.4 is 0 Å². The SMILES string of the molecule is CCCCCCC1CCC(CCc2ccc(C(F)(F)C(F)(F)C(F)(F)C(F)(F)C(F)(F)C(F)(F)C(F)(F)C(F)(F)F)cc2)CC1. The van der Waals surface area contributed by atoms with Gasteiger partial charge in [0, 0.05) is 5.56 Å². The standard InChI is InChI=1S/C28H31F17/c1-2-3-4-5-6-17-7-9-18(10-8-17)11-12-19-13-15-20(16-14-19)21(29,30)22(31,32)23(33,34)24(35,36)25(37,38)26(39,40)27(41,42)28(43,44)45/h13-18H,2-12H2,1H3. The highest BCUT2D eigenvalue weighted by atomic mass is 19.4. The third-order valence-corrected chi connectivity index (χ3v) is 8.31. The van der Waals surface area contributed by atoms with Gasteiger partial charge in [0.25, 0.3) is 0 Å². The average molecular weight is 691 g/mol. The van der Waals surface area contributed by atoms with Crippen molar-refractivity contribution in [1.82, 2.24) is 0 Å². The van der Waals surface area contributed by atoms with Gasteiger partial charge in [-0.1, -0.05) is 89.0 Å². The van der Waals surface area contributed by atoms with Crippen molar-refractivity contribution in [3.63, 3.8) is 0 Å². The molecule has 1 saturated carbocycles. The molecule has 0 atom stereocenters. The predicted molar refractivity (Wildman–Crippen MR) is 129 cm³/mol. The maximum absolute atomic E-state index is 14.5. The summed E-state index contributed by atoms with van der Waals surface area (Å²) in [5.74, 6) is -55.6. The first kappa shape index (κ1) is 39.2. The van der Waals surface area contributed by atoms with Crippen molar-refractivity contribution in [3.05, 3.63) is 35.4 Å². The molecule has 1 aromatic carbocycles. The summed E-state index contributed by atoms with van der Waals surface area (Å²) in [6.45, 7) is 2.10.